The Morgan fingerprint density at radius 2 is 1.90 bits per heavy atom. The van der Waals surface area contributed by atoms with Crippen LogP contribution in [-0.4, -0.2) is 40.2 Å². The van der Waals surface area contributed by atoms with Gasteiger partial charge in [-0.15, -0.1) is 0 Å². The highest BCUT2D eigenvalue weighted by Gasteiger charge is 2.41. The summed E-state index contributed by atoms with van der Waals surface area (Å²) < 4.78 is 10.7. The van der Waals surface area contributed by atoms with Crippen LogP contribution in [0.25, 0.3) is 0 Å². The number of ketones is 1. The molecule has 0 bridgehead atoms. The van der Waals surface area contributed by atoms with Crippen molar-refractivity contribution in [2.75, 3.05) is 19.5 Å². The molecule has 4 N–H and O–H groups in total. The minimum absolute atomic E-state index is 0.00353. The Kier molecular flexibility index (Phi) is 4.23. The molecule has 3 heterocycles. The van der Waals surface area contributed by atoms with Gasteiger partial charge in [0.05, 0.1) is 25.7 Å². The molecule has 0 saturated carbocycles. The molecule has 3 aromatic rings. The molecule has 1 aliphatic heterocycles. The fourth-order valence-corrected chi connectivity index (χ4v) is 4.47. The number of ether oxygens (including phenoxy) is 2. The van der Waals surface area contributed by atoms with Crippen molar-refractivity contribution in [2.45, 2.75) is 24.7 Å². The largest absolute Gasteiger partial charge is 0.493 e. The SMILES string of the molecule is COc1ccc([C@H]2CC(=O)C3=C(C2)Nc2[nH][nH]c(=O)c2[C@@H]3c2ncc[nH]2)cc1OC. The number of hydrogen-bond donors (Lipinski definition) is 4. The predicted molar refractivity (Wildman–Crippen MR) is 109 cm³/mol. The van der Waals surface area contributed by atoms with Crippen molar-refractivity contribution in [1.29, 1.82) is 0 Å². The van der Waals surface area contributed by atoms with Gasteiger partial charge in [0.15, 0.2) is 17.3 Å². The molecule has 1 aliphatic carbocycles. The van der Waals surface area contributed by atoms with E-state index in [0.717, 1.165) is 11.3 Å². The maximum Gasteiger partial charge on any atom is 0.270 e. The van der Waals surface area contributed by atoms with Crippen LogP contribution in [-0.2, 0) is 4.79 Å². The van der Waals surface area contributed by atoms with Crippen LogP contribution in [0, 0.1) is 0 Å². The van der Waals surface area contributed by atoms with Crippen molar-refractivity contribution in [2.24, 2.45) is 0 Å². The average molecular weight is 407 g/mol. The van der Waals surface area contributed by atoms with Gasteiger partial charge in [-0.25, -0.2) is 4.98 Å². The number of methoxy groups -OCH3 is 2. The monoisotopic (exact) mass is 407 g/mol. The molecule has 154 valence electrons. The number of H-pyrrole nitrogens is 3. The minimum Gasteiger partial charge on any atom is -0.493 e. The molecule has 0 unspecified atom stereocenters. The first-order valence-electron chi connectivity index (χ1n) is 9.65. The second-order valence-electron chi connectivity index (χ2n) is 7.44. The molecule has 9 heteroatoms. The number of nitrogens with zero attached hydrogens (tertiary/aromatic N) is 1. The first-order chi connectivity index (χ1) is 14.6. The summed E-state index contributed by atoms with van der Waals surface area (Å²) in [6.07, 6.45) is 4.28. The molecule has 1 aromatic carbocycles. The third-order valence-electron chi connectivity index (χ3n) is 5.85. The molecule has 0 radical (unpaired) electrons. The van der Waals surface area contributed by atoms with Crippen LogP contribution >= 0.6 is 0 Å². The second-order valence-corrected chi connectivity index (χ2v) is 7.44. The van der Waals surface area contributed by atoms with E-state index in [1.165, 1.54) is 0 Å². The van der Waals surface area contributed by atoms with Gasteiger partial charge in [0, 0.05) is 30.1 Å². The Balaban J connectivity index is 1.57. The molecule has 2 atom stereocenters. The van der Waals surface area contributed by atoms with E-state index in [9.17, 15) is 9.59 Å². The van der Waals surface area contributed by atoms with Crippen molar-refractivity contribution >= 4 is 11.6 Å². The summed E-state index contributed by atoms with van der Waals surface area (Å²) in [7, 11) is 3.18. The summed E-state index contributed by atoms with van der Waals surface area (Å²) in [5.41, 5.74) is 2.61. The van der Waals surface area contributed by atoms with E-state index in [4.69, 9.17) is 9.47 Å². The zero-order valence-electron chi connectivity index (χ0n) is 16.5. The summed E-state index contributed by atoms with van der Waals surface area (Å²) in [6.45, 7) is 0. The van der Waals surface area contributed by atoms with Crippen molar-refractivity contribution in [1.82, 2.24) is 20.2 Å². The highest BCUT2D eigenvalue weighted by molar-refractivity contribution is 6.01. The molecule has 5 rings (SSSR count). The molecular weight excluding hydrogens is 386 g/mol. The Bertz CT molecular complexity index is 1200. The number of hydrogen-bond acceptors (Lipinski definition) is 6. The van der Waals surface area contributed by atoms with Gasteiger partial charge in [-0.3, -0.25) is 19.8 Å². The lowest BCUT2D eigenvalue weighted by atomic mass is 9.74. The first kappa shape index (κ1) is 18.3. The second kappa shape index (κ2) is 6.94. The molecule has 0 saturated heterocycles. The van der Waals surface area contributed by atoms with Crippen LogP contribution in [0.3, 0.4) is 0 Å². The number of allylic oxidation sites excluding steroid dienone is 2. The van der Waals surface area contributed by atoms with Gasteiger partial charge in [-0.05, 0) is 30.0 Å². The van der Waals surface area contributed by atoms with E-state index in [2.05, 4.69) is 25.5 Å². The summed E-state index contributed by atoms with van der Waals surface area (Å²) in [5, 5.41) is 8.76. The number of imidazole rings is 1. The maximum atomic E-state index is 13.3. The standard InChI is InChI=1S/C21H21N5O4/c1-29-14-4-3-10(9-15(14)30-2)11-7-12-16(13(27)8-11)17(19-22-5-6-23-19)18-20(24-12)25-26-21(18)28/h3-6,9,11,17H,7-8H2,1-2H3,(H,22,23)(H3,24,25,26,28)/t11-,17-/m1/s1. The van der Waals surface area contributed by atoms with Gasteiger partial charge in [0.25, 0.3) is 5.56 Å². The summed E-state index contributed by atoms with van der Waals surface area (Å²) in [5.74, 6) is 1.87. The fourth-order valence-electron chi connectivity index (χ4n) is 4.47. The van der Waals surface area contributed by atoms with E-state index in [1.54, 1.807) is 26.6 Å². The topological polar surface area (TPSA) is 125 Å². The molecule has 2 aromatic heterocycles. The van der Waals surface area contributed by atoms with E-state index in [1.807, 2.05) is 18.2 Å². The van der Waals surface area contributed by atoms with Gasteiger partial charge in [-0.1, -0.05) is 6.07 Å². The maximum absolute atomic E-state index is 13.3. The third kappa shape index (κ3) is 2.73. The number of nitrogens with one attached hydrogen (secondary N) is 4. The van der Waals surface area contributed by atoms with E-state index >= 15 is 0 Å². The van der Waals surface area contributed by atoms with Crippen LogP contribution in [0.2, 0.25) is 0 Å². The summed E-state index contributed by atoms with van der Waals surface area (Å²) >= 11 is 0. The number of fused-ring (bicyclic) bond motifs is 1. The van der Waals surface area contributed by atoms with Crippen molar-refractivity contribution in [3.05, 3.63) is 69.2 Å². The zero-order chi connectivity index (χ0) is 20.8. The lowest BCUT2D eigenvalue weighted by Crippen LogP contribution is -2.32. The van der Waals surface area contributed by atoms with E-state index in [-0.39, 0.29) is 17.3 Å². The quantitative estimate of drug-likeness (QED) is 0.526. The summed E-state index contributed by atoms with van der Waals surface area (Å²) in [4.78, 5) is 33.2. The molecule has 0 amide bonds. The normalized spacial score (nSPS) is 20.4. The lowest BCUT2D eigenvalue weighted by Gasteiger charge is -2.33. The number of rotatable bonds is 4. The molecule has 0 spiro atoms. The number of carbonyl (C=O) groups is 1. The number of aromatic nitrogens is 4. The van der Waals surface area contributed by atoms with Crippen LogP contribution in [0.5, 0.6) is 11.5 Å². The van der Waals surface area contributed by atoms with Gasteiger partial charge >= 0.3 is 0 Å². The van der Waals surface area contributed by atoms with Crippen LogP contribution in [0.15, 0.2) is 46.7 Å². The van der Waals surface area contributed by atoms with Crippen molar-refractivity contribution < 1.29 is 14.3 Å². The molecule has 2 aliphatic rings. The fraction of sp³-hybridized carbons (Fsp3) is 0.286. The Morgan fingerprint density at radius 3 is 2.63 bits per heavy atom. The Morgan fingerprint density at radius 1 is 1.07 bits per heavy atom. The Hall–Kier alpha value is -3.75. The molecule has 30 heavy (non-hydrogen) atoms. The zero-order valence-corrected chi connectivity index (χ0v) is 16.5. The van der Waals surface area contributed by atoms with Gasteiger partial charge in [0.1, 0.15) is 11.6 Å². The average Bonchev–Trinajstić information content (AvgIpc) is 3.42. The van der Waals surface area contributed by atoms with E-state index in [0.29, 0.717) is 47.1 Å². The smallest absolute Gasteiger partial charge is 0.270 e. The number of benzene rings is 1. The molecule has 9 nitrogen and oxygen atoms in total. The number of aromatic amines is 3. The third-order valence-corrected chi connectivity index (χ3v) is 5.85. The number of Topliss-reactive ketones (excluding diaryl/α,β-unsaturated/α-hetero) is 1. The summed E-state index contributed by atoms with van der Waals surface area (Å²) in [6, 6.07) is 5.73. The van der Waals surface area contributed by atoms with Crippen LogP contribution in [0.4, 0.5) is 5.82 Å². The van der Waals surface area contributed by atoms with Gasteiger partial charge in [0.2, 0.25) is 0 Å². The van der Waals surface area contributed by atoms with Crippen molar-refractivity contribution in [3.63, 3.8) is 0 Å². The minimum atomic E-state index is -0.528. The van der Waals surface area contributed by atoms with Crippen LogP contribution in [0.1, 0.15) is 41.6 Å². The number of carbonyl (C=O) groups excluding carboxylic acids is 1. The lowest BCUT2D eigenvalue weighted by molar-refractivity contribution is -0.116. The van der Waals surface area contributed by atoms with Gasteiger partial charge < -0.3 is 19.8 Å². The Labute approximate surface area is 171 Å². The highest BCUT2D eigenvalue weighted by atomic mass is 16.5. The van der Waals surface area contributed by atoms with E-state index < -0.39 is 5.92 Å². The van der Waals surface area contributed by atoms with Gasteiger partial charge in [-0.2, -0.15) is 0 Å². The molecular formula is C21H21N5O4. The predicted octanol–water partition coefficient (Wildman–Crippen LogP) is 2.40. The first-order valence-corrected chi connectivity index (χ1v) is 9.65. The van der Waals surface area contributed by atoms with Crippen LogP contribution < -0.4 is 20.3 Å². The number of anilines is 1. The van der Waals surface area contributed by atoms with Crippen molar-refractivity contribution in [3.8, 4) is 11.5 Å². The molecule has 0 fully saturated rings. The highest BCUT2D eigenvalue weighted by Crippen LogP contribution is 2.46.